The number of hydrogen-bond acceptors (Lipinski definition) is 5. The molecule has 1 N–H and O–H groups in total. The van der Waals surface area contributed by atoms with Crippen LogP contribution in [0.4, 0.5) is 0 Å². The smallest absolute Gasteiger partial charge is 0.307 e. The average Bonchev–Trinajstić information content (AvgIpc) is 2.88. The monoisotopic (exact) mass is 418 g/mol. The third kappa shape index (κ3) is 3.36. The molecule has 0 amide bonds. The van der Waals surface area contributed by atoms with Crippen LogP contribution in [0, 0.1) is 6.92 Å². The molecule has 4 rings (SSSR count). The standard InChI is InChI=1S/C20H22N2O4S2/c1-12-5-8-17-14(9-12)15(11-20(2,3)26-17)21-28(24,25)13-6-7-16-18(10-13)27-19(23)22(16)4/h5-10,15,21H,11H2,1-4H3/t15-/m1/s1. The summed E-state index contributed by atoms with van der Waals surface area (Å²) in [5.41, 5.74) is 2.12. The number of fused-ring (bicyclic) bond motifs is 2. The minimum Gasteiger partial charge on any atom is -0.487 e. The largest absolute Gasteiger partial charge is 0.487 e. The Hall–Kier alpha value is -2.16. The van der Waals surface area contributed by atoms with Gasteiger partial charge in [0, 0.05) is 19.0 Å². The van der Waals surface area contributed by atoms with Crippen LogP contribution in [0.15, 0.2) is 46.1 Å². The van der Waals surface area contributed by atoms with Crippen molar-refractivity contribution < 1.29 is 13.2 Å². The van der Waals surface area contributed by atoms with E-state index in [-0.39, 0.29) is 9.77 Å². The molecule has 0 saturated heterocycles. The molecule has 0 radical (unpaired) electrons. The van der Waals surface area contributed by atoms with E-state index in [9.17, 15) is 13.2 Å². The van der Waals surface area contributed by atoms with E-state index in [0.717, 1.165) is 28.0 Å². The highest BCUT2D eigenvalue weighted by molar-refractivity contribution is 7.89. The average molecular weight is 419 g/mol. The molecule has 148 valence electrons. The molecule has 1 aliphatic heterocycles. The molecule has 0 unspecified atom stereocenters. The van der Waals surface area contributed by atoms with E-state index < -0.39 is 21.7 Å². The Kier molecular flexibility index (Phi) is 4.41. The molecule has 8 heteroatoms. The van der Waals surface area contributed by atoms with Crippen molar-refractivity contribution in [3.05, 3.63) is 57.2 Å². The van der Waals surface area contributed by atoms with Crippen LogP contribution < -0.4 is 14.3 Å². The van der Waals surface area contributed by atoms with E-state index in [1.165, 1.54) is 4.57 Å². The molecule has 0 spiro atoms. The molecule has 0 bridgehead atoms. The fraction of sp³-hybridized carbons (Fsp3) is 0.350. The molecule has 2 aromatic carbocycles. The van der Waals surface area contributed by atoms with Crippen molar-refractivity contribution in [2.24, 2.45) is 7.05 Å². The fourth-order valence-electron chi connectivity index (χ4n) is 3.62. The van der Waals surface area contributed by atoms with Gasteiger partial charge in [0.05, 0.1) is 21.2 Å². The highest BCUT2D eigenvalue weighted by atomic mass is 32.2. The Bertz CT molecular complexity index is 1240. The molecule has 1 atom stereocenters. The third-order valence-corrected chi connectivity index (χ3v) is 7.46. The summed E-state index contributed by atoms with van der Waals surface area (Å²) in [4.78, 5) is 11.9. The molecular formula is C20H22N2O4S2. The first kappa shape index (κ1) is 19.2. The van der Waals surface area contributed by atoms with E-state index >= 15 is 0 Å². The number of benzene rings is 2. The van der Waals surface area contributed by atoms with Crippen LogP contribution >= 0.6 is 11.3 Å². The van der Waals surface area contributed by atoms with Crippen molar-refractivity contribution in [2.75, 3.05) is 0 Å². The summed E-state index contributed by atoms with van der Waals surface area (Å²) in [5, 5.41) is 0. The summed E-state index contributed by atoms with van der Waals surface area (Å²) >= 11 is 1.04. The second kappa shape index (κ2) is 6.43. The van der Waals surface area contributed by atoms with Gasteiger partial charge in [0.25, 0.3) is 0 Å². The number of aromatic nitrogens is 1. The van der Waals surface area contributed by atoms with Gasteiger partial charge in [0.15, 0.2) is 0 Å². The van der Waals surface area contributed by atoms with Crippen molar-refractivity contribution in [1.82, 2.24) is 9.29 Å². The molecule has 3 aromatic rings. The van der Waals surface area contributed by atoms with Crippen LogP contribution in [0.1, 0.15) is 37.4 Å². The molecule has 2 heterocycles. The predicted molar refractivity (Wildman–Crippen MR) is 111 cm³/mol. The van der Waals surface area contributed by atoms with Crippen molar-refractivity contribution in [3.8, 4) is 5.75 Å². The number of hydrogen-bond donors (Lipinski definition) is 1. The molecule has 0 saturated carbocycles. The van der Waals surface area contributed by atoms with Crippen LogP contribution in [0.25, 0.3) is 10.2 Å². The van der Waals surface area contributed by atoms with Crippen molar-refractivity contribution >= 4 is 31.6 Å². The predicted octanol–water partition coefficient (Wildman–Crippen LogP) is 3.49. The topological polar surface area (TPSA) is 77.4 Å². The van der Waals surface area contributed by atoms with Gasteiger partial charge >= 0.3 is 4.87 Å². The highest BCUT2D eigenvalue weighted by Crippen LogP contribution is 2.40. The van der Waals surface area contributed by atoms with E-state index in [1.807, 2.05) is 39.0 Å². The lowest BCUT2D eigenvalue weighted by atomic mass is 9.89. The van der Waals surface area contributed by atoms with Gasteiger partial charge < -0.3 is 9.30 Å². The number of aryl methyl sites for hydroxylation is 2. The zero-order valence-electron chi connectivity index (χ0n) is 16.1. The number of rotatable bonds is 3. The Balaban J connectivity index is 1.74. The zero-order valence-corrected chi connectivity index (χ0v) is 17.8. The Labute approximate surface area is 167 Å². The van der Waals surface area contributed by atoms with Gasteiger partial charge in [0.2, 0.25) is 10.0 Å². The lowest BCUT2D eigenvalue weighted by molar-refractivity contribution is 0.0701. The summed E-state index contributed by atoms with van der Waals surface area (Å²) in [5.74, 6) is 0.700. The van der Waals surface area contributed by atoms with E-state index in [1.54, 1.807) is 25.2 Å². The summed E-state index contributed by atoms with van der Waals surface area (Å²) in [7, 11) is -2.09. The first-order valence-electron chi connectivity index (χ1n) is 8.97. The minimum absolute atomic E-state index is 0.118. The molecular weight excluding hydrogens is 396 g/mol. The van der Waals surface area contributed by atoms with Crippen LogP contribution in [0.2, 0.25) is 0 Å². The second-order valence-corrected chi connectivity index (χ2v) is 10.5. The summed E-state index contributed by atoms with van der Waals surface area (Å²) in [6.45, 7) is 5.87. The lowest BCUT2D eigenvalue weighted by Gasteiger charge is -2.38. The Morgan fingerprint density at radius 3 is 2.71 bits per heavy atom. The Morgan fingerprint density at radius 2 is 1.96 bits per heavy atom. The second-order valence-electron chi connectivity index (χ2n) is 7.84. The van der Waals surface area contributed by atoms with Gasteiger partial charge in [0.1, 0.15) is 11.4 Å². The van der Waals surface area contributed by atoms with E-state index in [2.05, 4.69) is 4.72 Å². The van der Waals surface area contributed by atoms with Gasteiger partial charge in [-0.3, -0.25) is 4.79 Å². The van der Waals surface area contributed by atoms with Gasteiger partial charge in [-0.1, -0.05) is 29.0 Å². The summed E-state index contributed by atoms with van der Waals surface area (Å²) in [6.07, 6.45) is 0.517. The fourth-order valence-corrected chi connectivity index (χ4v) is 5.85. The van der Waals surface area contributed by atoms with Crippen LogP contribution in [0.5, 0.6) is 5.75 Å². The third-order valence-electron chi connectivity index (χ3n) is 4.99. The normalized spacial score (nSPS) is 18.6. The van der Waals surface area contributed by atoms with Gasteiger partial charge in [-0.25, -0.2) is 13.1 Å². The van der Waals surface area contributed by atoms with E-state index in [0.29, 0.717) is 16.9 Å². The maximum atomic E-state index is 13.1. The summed E-state index contributed by atoms with van der Waals surface area (Å²) in [6, 6.07) is 10.2. The number of nitrogens with zero attached hydrogens (tertiary/aromatic N) is 1. The molecule has 6 nitrogen and oxygen atoms in total. The molecule has 0 aliphatic carbocycles. The highest BCUT2D eigenvalue weighted by Gasteiger charge is 2.36. The van der Waals surface area contributed by atoms with Crippen LogP contribution in [-0.2, 0) is 17.1 Å². The minimum atomic E-state index is -3.77. The van der Waals surface area contributed by atoms with Crippen LogP contribution in [0.3, 0.4) is 0 Å². The summed E-state index contributed by atoms with van der Waals surface area (Å²) < 4.78 is 37.3. The molecule has 1 aromatic heterocycles. The first-order valence-corrected chi connectivity index (χ1v) is 11.3. The number of nitrogens with one attached hydrogen (secondary N) is 1. The lowest BCUT2D eigenvalue weighted by Crippen LogP contribution is -2.41. The number of thiazole rings is 1. The number of ether oxygens (including phenoxy) is 1. The SMILES string of the molecule is Cc1ccc2c(c1)[C@H](NS(=O)(=O)c1ccc3c(c1)sc(=O)n3C)CC(C)(C)O2. The molecule has 28 heavy (non-hydrogen) atoms. The van der Waals surface area contributed by atoms with Crippen molar-refractivity contribution in [1.29, 1.82) is 0 Å². The van der Waals surface area contributed by atoms with E-state index in [4.69, 9.17) is 4.74 Å². The van der Waals surface area contributed by atoms with Gasteiger partial charge in [-0.2, -0.15) is 0 Å². The molecule has 0 fully saturated rings. The zero-order chi connectivity index (χ0) is 20.3. The molecule has 1 aliphatic rings. The Morgan fingerprint density at radius 1 is 1.21 bits per heavy atom. The van der Waals surface area contributed by atoms with Crippen molar-refractivity contribution in [2.45, 2.75) is 43.7 Å². The maximum Gasteiger partial charge on any atom is 0.307 e. The number of sulfonamides is 1. The quantitative estimate of drug-likeness (QED) is 0.706. The van der Waals surface area contributed by atoms with Gasteiger partial charge in [-0.15, -0.1) is 0 Å². The maximum absolute atomic E-state index is 13.1. The van der Waals surface area contributed by atoms with Gasteiger partial charge in [-0.05, 0) is 45.0 Å². The first-order chi connectivity index (χ1) is 13.1. The van der Waals surface area contributed by atoms with Crippen molar-refractivity contribution in [3.63, 3.8) is 0 Å². The van der Waals surface area contributed by atoms with Crippen LogP contribution in [-0.4, -0.2) is 18.6 Å².